The molecule has 0 aliphatic rings. The zero-order valence-electron chi connectivity index (χ0n) is 9.11. The second-order valence-corrected chi connectivity index (χ2v) is 2.92. The van der Waals surface area contributed by atoms with Crippen LogP contribution in [-0.2, 0) is 9.78 Å². The lowest BCUT2D eigenvalue weighted by atomic mass is 10.4. The van der Waals surface area contributed by atoms with Gasteiger partial charge in [0.15, 0.2) is 11.5 Å². The zero-order chi connectivity index (χ0) is 12.6. The fraction of sp³-hybridized carbons (Fsp3) is 0. The summed E-state index contributed by atoms with van der Waals surface area (Å²) in [5, 5.41) is 0. The second kappa shape index (κ2) is 7.00. The number of rotatable bonds is 7. The van der Waals surface area contributed by atoms with Crippen LogP contribution < -0.4 is 11.5 Å². The highest BCUT2D eigenvalue weighted by atomic mass is 17.2. The Bertz CT molecular complexity index is 329. The normalized spacial score (nSPS) is 10.2. The first-order valence-corrected chi connectivity index (χ1v) is 4.39. The maximum absolute atomic E-state index is 5.31. The fourth-order valence-corrected chi connectivity index (χ4v) is 0.563. The molecule has 0 heterocycles. The number of allylic oxidation sites excluding steroid dienone is 4. The van der Waals surface area contributed by atoms with E-state index in [1.165, 1.54) is 24.3 Å². The average Bonchev–Trinajstić information content (AvgIpc) is 2.20. The lowest BCUT2D eigenvalue weighted by Crippen LogP contribution is -1.93. The Morgan fingerprint density at radius 2 is 1.00 bits per heavy atom. The van der Waals surface area contributed by atoms with Crippen LogP contribution in [0.15, 0.2) is 73.5 Å². The van der Waals surface area contributed by atoms with Gasteiger partial charge in [-0.25, -0.2) is 0 Å². The first kappa shape index (κ1) is 13.6. The molecule has 0 rings (SSSR count). The molecule has 0 aliphatic heterocycles. The van der Waals surface area contributed by atoms with Gasteiger partial charge in [-0.3, -0.25) is 9.78 Å². The number of nitrogens with two attached hydrogens (primary N) is 2. The molecule has 0 saturated carbocycles. The predicted molar refractivity (Wildman–Crippen MR) is 65.4 cm³/mol. The molecular weight excluding hydrogens is 204 g/mol. The zero-order valence-corrected chi connectivity index (χ0v) is 9.11. The lowest BCUT2D eigenvalue weighted by Gasteiger charge is -2.04. The summed E-state index contributed by atoms with van der Waals surface area (Å²) in [6, 6.07) is 0. The van der Waals surface area contributed by atoms with Gasteiger partial charge in [-0.15, -0.1) is 0 Å². The Balaban J connectivity index is 3.97. The van der Waals surface area contributed by atoms with Crippen molar-refractivity contribution >= 4 is 0 Å². The summed E-state index contributed by atoms with van der Waals surface area (Å²) in [6.07, 6.45) is 6.10. The molecule has 86 valence electrons. The van der Waals surface area contributed by atoms with Crippen molar-refractivity contribution in [3.63, 3.8) is 0 Å². The molecule has 4 N–H and O–H groups in total. The van der Waals surface area contributed by atoms with E-state index >= 15 is 0 Å². The van der Waals surface area contributed by atoms with Gasteiger partial charge in [-0.2, -0.15) is 0 Å². The van der Waals surface area contributed by atoms with Crippen LogP contribution in [0.3, 0.4) is 0 Å². The summed E-state index contributed by atoms with van der Waals surface area (Å²) in [4.78, 5) is 9.57. The molecule has 0 atom stereocenters. The van der Waals surface area contributed by atoms with E-state index in [2.05, 4.69) is 26.3 Å². The van der Waals surface area contributed by atoms with Gasteiger partial charge in [-0.05, 0) is 24.3 Å². The lowest BCUT2D eigenvalue weighted by molar-refractivity contribution is -0.216. The maximum Gasteiger partial charge on any atom is 0.171 e. The van der Waals surface area contributed by atoms with Crippen molar-refractivity contribution in [1.82, 2.24) is 0 Å². The Morgan fingerprint density at radius 3 is 1.25 bits per heavy atom. The van der Waals surface area contributed by atoms with E-state index in [0.29, 0.717) is 11.4 Å². The SMILES string of the molecule is C=C(N)/C=C\C(=C)OOC(=C)/C=C\C(=C)N. The third kappa shape index (κ3) is 8.25. The van der Waals surface area contributed by atoms with E-state index in [0.717, 1.165) is 0 Å². The first-order valence-electron chi connectivity index (χ1n) is 4.39. The summed E-state index contributed by atoms with van der Waals surface area (Å²) in [7, 11) is 0. The molecule has 0 aliphatic carbocycles. The van der Waals surface area contributed by atoms with Crippen LogP contribution in [0.2, 0.25) is 0 Å². The van der Waals surface area contributed by atoms with Crippen LogP contribution in [0.5, 0.6) is 0 Å². The van der Waals surface area contributed by atoms with E-state index < -0.39 is 0 Å². The third-order valence-electron chi connectivity index (χ3n) is 1.22. The number of hydrogen-bond donors (Lipinski definition) is 2. The van der Waals surface area contributed by atoms with Crippen molar-refractivity contribution in [1.29, 1.82) is 0 Å². The Hall–Kier alpha value is -2.36. The summed E-state index contributed by atoms with van der Waals surface area (Å²) in [5.74, 6) is 0.542. The molecule has 4 nitrogen and oxygen atoms in total. The molecule has 0 spiro atoms. The van der Waals surface area contributed by atoms with Gasteiger partial charge < -0.3 is 11.5 Å². The fourth-order valence-electron chi connectivity index (χ4n) is 0.563. The minimum Gasteiger partial charge on any atom is -0.399 e. The molecule has 0 aromatic heterocycles. The molecule has 0 saturated heterocycles. The van der Waals surface area contributed by atoms with Crippen LogP contribution in [0.25, 0.3) is 0 Å². The quantitative estimate of drug-likeness (QED) is 0.298. The van der Waals surface area contributed by atoms with Gasteiger partial charge in [0.05, 0.1) is 0 Å². The minimum absolute atomic E-state index is 0.271. The Kier molecular flexibility index (Phi) is 5.97. The van der Waals surface area contributed by atoms with Gasteiger partial charge in [0, 0.05) is 11.4 Å². The first-order chi connectivity index (χ1) is 7.41. The van der Waals surface area contributed by atoms with Gasteiger partial charge in [-0.1, -0.05) is 26.3 Å². The van der Waals surface area contributed by atoms with Crippen LogP contribution in [0.1, 0.15) is 0 Å². The smallest absolute Gasteiger partial charge is 0.171 e. The molecule has 0 amide bonds. The monoisotopic (exact) mass is 220 g/mol. The van der Waals surface area contributed by atoms with E-state index in [1.54, 1.807) is 0 Å². The summed E-state index contributed by atoms with van der Waals surface area (Å²) < 4.78 is 0. The van der Waals surface area contributed by atoms with Crippen molar-refractivity contribution in [2.75, 3.05) is 0 Å². The van der Waals surface area contributed by atoms with Crippen molar-refractivity contribution in [2.45, 2.75) is 0 Å². The van der Waals surface area contributed by atoms with E-state index in [4.69, 9.17) is 21.2 Å². The van der Waals surface area contributed by atoms with Crippen molar-refractivity contribution < 1.29 is 9.78 Å². The molecule has 0 fully saturated rings. The number of hydrogen-bond acceptors (Lipinski definition) is 4. The maximum atomic E-state index is 5.31. The standard InChI is InChI=1S/C12H16N2O2/c1-9(13)5-7-11(3)15-16-12(4)8-6-10(2)14/h5-8H,1-4,13-14H2/b7-5-,8-6-. The predicted octanol–water partition coefficient (Wildman–Crippen LogP) is 2.02. The molecule has 0 aromatic carbocycles. The molecular formula is C12H16N2O2. The molecule has 4 heteroatoms. The molecule has 0 radical (unpaired) electrons. The van der Waals surface area contributed by atoms with Crippen LogP contribution in [0.4, 0.5) is 0 Å². The van der Waals surface area contributed by atoms with Crippen LogP contribution in [-0.4, -0.2) is 0 Å². The van der Waals surface area contributed by atoms with Gasteiger partial charge in [0.1, 0.15) is 0 Å². The summed E-state index contributed by atoms with van der Waals surface area (Å²) in [5.41, 5.74) is 11.4. The van der Waals surface area contributed by atoms with Crippen molar-refractivity contribution in [3.8, 4) is 0 Å². The highest BCUT2D eigenvalue weighted by molar-refractivity contribution is 5.19. The van der Waals surface area contributed by atoms with Crippen molar-refractivity contribution in [2.24, 2.45) is 11.5 Å². The average molecular weight is 220 g/mol. The Morgan fingerprint density at radius 1 is 0.688 bits per heavy atom. The molecule has 16 heavy (non-hydrogen) atoms. The summed E-state index contributed by atoms with van der Waals surface area (Å²) >= 11 is 0. The van der Waals surface area contributed by atoms with Gasteiger partial charge >= 0.3 is 0 Å². The van der Waals surface area contributed by atoms with E-state index in [9.17, 15) is 0 Å². The van der Waals surface area contributed by atoms with Crippen LogP contribution in [0, 0.1) is 0 Å². The van der Waals surface area contributed by atoms with Crippen molar-refractivity contribution in [3.05, 3.63) is 73.5 Å². The molecule has 0 aromatic rings. The van der Waals surface area contributed by atoms with Crippen LogP contribution >= 0.6 is 0 Å². The highest BCUT2D eigenvalue weighted by Crippen LogP contribution is 2.04. The highest BCUT2D eigenvalue weighted by Gasteiger charge is 1.93. The topological polar surface area (TPSA) is 70.5 Å². The van der Waals surface area contributed by atoms with Gasteiger partial charge in [0.2, 0.25) is 0 Å². The van der Waals surface area contributed by atoms with Gasteiger partial charge in [0.25, 0.3) is 0 Å². The summed E-state index contributed by atoms with van der Waals surface area (Å²) in [6.45, 7) is 14.1. The largest absolute Gasteiger partial charge is 0.399 e. The molecule has 0 bridgehead atoms. The molecule has 0 unspecified atom stereocenters. The minimum atomic E-state index is 0.271. The van der Waals surface area contributed by atoms with E-state index in [1.807, 2.05) is 0 Å². The van der Waals surface area contributed by atoms with E-state index in [-0.39, 0.29) is 11.5 Å². The third-order valence-corrected chi connectivity index (χ3v) is 1.22. The second-order valence-electron chi connectivity index (χ2n) is 2.92. The Labute approximate surface area is 95.5 Å².